The predicted molar refractivity (Wildman–Crippen MR) is 118 cm³/mol. The minimum Gasteiger partial charge on any atom is -0.462 e. The molecule has 2 atom stereocenters. The third kappa shape index (κ3) is 19.4. The van der Waals surface area contributed by atoms with E-state index < -0.39 is 32.5 Å². The van der Waals surface area contributed by atoms with Crippen molar-refractivity contribution in [1.29, 1.82) is 0 Å². The van der Waals surface area contributed by atoms with Crippen LogP contribution in [0.2, 0.25) is 0 Å². The number of esters is 2. The van der Waals surface area contributed by atoms with E-state index in [0.29, 0.717) is 17.4 Å². The quantitative estimate of drug-likeness (QED) is 0.132. The minimum absolute atomic E-state index is 0.0332. The average molecular weight is 469 g/mol. The third-order valence-corrected chi connectivity index (χ3v) is 5.37. The van der Waals surface area contributed by atoms with Gasteiger partial charge in [-0.05, 0) is 12.8 Å². The lowest BCUT2D eigenvalue weighted by Gasteiger charge is -2.24. The molecule has 0 fully saturated rings. The fourth-order valence-corrected chi connectivity index (χ4v) is 3.22. The predicted octanol–water partition coefficient (Wildman–Crippen LogP) is 3.83. The molecule has 9 nitrogen and oxygen atoms in total. The number of rotatable bonds is 19. The highest BCUT2D eigenvalue weighted by Gasteiger charge is 2.26. The summed E-state index contributed by atoms with van der Waals surface area (Å²) in [6.45, 7) is 4.03. The van der Waals surface area contributed by atoms with Gasteiger partial charge in [0.2, 0.25) is 0 Å². The molecule has 0 spiro atoms. The van der Waals surface area contributed by atoms with Crippen LogP contribution in [0.25, 0.3) is 0 Å². The van der Waals surface area contributed by atoms with Gasteiger partial charge in [-0.2, -0.15) is 0 Å². The molecular formula is C21H43NO8P+. The molecule has 0 saturated heterocycles. The van der Waals surface area contributed by atoms with E-state index >= 15 is 0 Å². The summed E-state index contributed by atoms with van der Waals surface area (Å²) >= 11 is 0. The van der Waals surface area contributed by atoms with Crippen LogP contribution in [0.3, 0.4) is 0 Å². The zero-order valence-electron chi connectivity index (χ0n) is 20.0. The Kier molecular flexibility index (Phi) is 16.1. The fourth-order valence-electron chi connectivity index (χ4n) is 2.48. The number of phosphoric ester groups is 1. The van der Waals surface area contributed by atoms with E-state index in [1.807, 2.05) is 28.1 Å². The zero-order chi connectivity index (χ0) is 23.8. The summed E-state index contributed by atoms with van der Waals surface area (Å²) in [5.74, 6) is -0.853. The SMILES string of the molecule is CCCCCCC(=O)OC[C@H](COP(=O)(O)OCC[N+](C)(C)C)OC(=O)CCCCC. The molecule has 0 bridgehead atoms. The van der Waals surface area contributed by atoms with Crippen molar-refractivity contribution in [3.63, 3.8) is 0 Å². The Bertz CT molecular complexity index is 550. The number of hydrogen-bond acceptors (Lipinski definition) is 7. The van der Waals surface area contributed by atoms with Crippen LogP contribution in [0.4, 0.5) is 0 Å². The van der Waals surface area contributed by atoms with Crippen molar-refractivity contribution in [2.24, 2.45) is 0 Å². The Morgan fingerprint density at radius 2 is 1.45 bits per heavy atom. The van der Waals surface area contributed by atoms with Crippen molar-refractivity contribution in [1.82, 2.24) is 0 Å². The molecular weight excluding hydrogens is 425 g/mol. The second-order valence-electron chi connectivity index (χ2n) is 8.67. The first-order valence-corrected chi connectivity index (χ1v) is 12.8. The molecule has 0 aromatic rings. The van der Waals surface area contributed by atoms with Gasteiger partial charge in [-0.3, -0.25) is 18.6 Å². The van der Waals surface area contributed by atoms with Crippen LogP contribution in [0.5, 0.6) is 0 Å². The number of likely N-dealkylation sites (N-methyl/N-ethyl adjacent to an activating group) is 1. The molecule has 0 aromatic heterocycles. The van der Waals surface area contributed by atoms with Crippen molar-refractivity contribution >= 4 is 19.8 Å². The Morgan fingerprint density at radius 3 is 2.06 bits per heavy atom. The van der Waals surface area contributed by atoms with Gasteiger partial charge >= 0.3 is 19.8 Å². The third-order valence-electron chi connectivity index (χ3n) is 4.39. The van der Waals surface area contributed by atoms with Crippen LogP contribution in [0.15, 0.2) is 0 Å². The highest BCUT2D eigenvalue weighted by Crippen LogP contribution is 2.43. The van der Waals surface area contributed by atoms with Gasteiger partial charge in [0, 0.05) is 12.8 Å². The van der Waals surface area contributed by atoms with E-state index in [0.717, 1.165) is 38.5 Å². The Labute approximate surface area is 187 Å². The fraction of sp³-hybridized carbons (Fsp3) is 0.905. The summed E-state index contributed by atoms with van der Waals surface area (Å²) in [6.07, 6.45) is 5.89. The first-order chi connectivity index (χ1) is 14.5. The topological polar surface area (TPSA) is 108 Å². The molecule has 1 N–H and O–H groups in total. The summed E-state index contributed by atoms with van der Waals surface area (Å²) in [7, 11) is 1.47. The lowest BCUT2D eigenvalue weighted by atomic mass is 10.2. The van der Waals surface area contributed by atoms with Gasteiger partial charge in [-0.15, -0.1) is 0 Å². The highest BCUT2D eigenvalue weighted by atomic mass is 31.2. The first kappa shape index (κ1) is 30.0. The standard InChI is InChI=1S/C21H42NO8P/c1-6-8-10-12-13-20(23)27-17-19(30-21(24)14-11-9-7-2)18-29-31(25,26)28-16-15-22(3,4)5/h19H,6-18H2,1-5H3/p+1/t19-/m1/s1. The van der Waals surface area contributed by atoms with Crippen molar-refractivity contribution < 1.29 is 42.1 Å². The monoisotopic (exact) mass is 468 g/mol. The van der Waals surface area contributed by atoms with Gasteiger partial charge in [0.15, 0.2) is 6.10 Å². The molecule has 184 valence electrons. The second-order valence-corrected chi connectivity index (χ2v) is 10.1. The minimum atomic E-state index is -4.32. The molecule has 0 saturated carbocycles. The molecule has 0 amide bonds. The molecule has 10 heteroatoms. The van der Waals surface area contributed by atoms with Gasteiger partial charge < -0.3 is 18.9 Å². The average Bonchev–Trinajstić information content (AvgIpc) is 2.66. The summed E-state index contributed by atoms with van der Waals surface area (Å²) in [6, 6.07) is 0. The van der Waals surface area contributed by atoms with Gasteiger partial charge in [-0.1, -0.05) is 46.0 Å². The number of hydrogen-bond donors (Lipinski definition) is 1. The van der Waals surface area contributed by atoms with E-state index in [1.54, 1.807) is 0 Å². The number of phosphoric acid groups is 1. The second kappa shape index (κ2) is 16.6. The van der Waals surface area contributed by atoms with Gasteiger partial charge in [-0.25, -0.2) is 4.57 Å². The van der Waals surface area contributed by atoms with Crippen LogP contribution in [0, 0.1) is 0 Å². The zero-order valence-corrected chi connectivity index (χ0v) is 20.9. The van der Waals surface area contributed by atoms with E-state index in [4.69, 9.17) is 18.5 Å². The molecule has 0 rings (SSSR count). The van der Waals surface area contributed by atoms with Gasteiger partial charge in [0.25, 0.3) is 0 Å². The summed E-state index contributed by atoms with van der Waals surface area (Å²) < 4.78 is 33.1. The summed E-state index contributed by atoms with van der Waals surface area (Å²) in [4.78, 5) is 33.8. The number of carbonyl (C=O) groups is 2. The maximum absolute atomic E-state index is 12.1. The van der Waals surface area contributed by atoms with Gasteiger partial charge in [0.05, 0.1) is 27.7 Å². The molecule has 0 aromatic carbocycles. The molecule has 0 aliphatic carbocycles. The highest BCUT2D eigenvalue weighted by molar-refractivity contribution is 7.47. The van der Waals surface area contributed by atoms with Crippen molar-refractivity contribution in [2.45, 2.75) is 77.7 Å². The largest absolute Gasteiger partial charge is 0.472 e. The number of ether oxygens (including phenoxy) is 2. The van der Waals surface area contributed by atoms with Crippen LogP contribution >= 0.6 is 7.82 Å². The maximum Gasteiger partial charge on any atom is 0.472 e. The van der Waals surface area contributed by atoms with Gasteiger partial charge in [0.1, 0.15) is 19.8 Å². The van der Waals surface area contributed by atoms with Crippen LogP contribution < -0.4 is 0 Å². The first-order valence-electron chi connectivity index (χ1n) is 11.3. The lowest BCUT2D eigenvalue weighted by Crippen LogP contribution is -2.37. The van der Waals surface area contributed by atoms with E-state index in [2.05, 4.69) is 6.92 Å². The normalized spacial score (nSPS) is 14.6. The maximum atomic E-state index is 12.1. The van der Waals surface area contributed by atoms with Crippen molar-refractivity contribution in [2.75, 3.05) is 47.5 Å². The number of nitrogens with zero attached hydrogens (tertiary/aromatic N) is 1. The summed E-state index contributed by atoms with van der Waals surface area (Å²) in [5.41, 5.74) is 0. The molecule has 1 unspecified atom stereocenters. The lowest BCUT2D eigenvalue weighted by molar-refractivity contribution is -0.870. The molecule has 31 heavy (non-hydrogen) atoms. The van der Waals surface area contributed by atoms with Crippen molar-refractivity contribution in [3.05, 3.63) is 0 Å². The van der Waals surface area contributed by atoms with Crippen LogP contribution in [-0.4, -0.2) is 74.9 Å². The summed E-state index contributed by atoms with van der Waals surface area (Å²) in [5, 5.41) is 0. The van der Waals surface area contributed by atoms with Crippen LogP contribution in [0.1, 0.15) is 71.6 Å². The Balaban J connectivity index is 4.62. The molecule has 0 aliphatic heterocycles. The Morgan fingerprint density at radius 1 is 0.871 bits per heavy atom. The van der Waals surface area contributed by atoms with E-state index in [-0.39, 0.29) is 26.1 Å². The smallest absolute Gasteiger partial charge is 0.462 e. The van der Waals surface area contributed by atoms with E-state index in [9.17, 15) is 19.0 Å². The molecule has 0 radical (unpaired) electrons. The number of unbranched alkanes of at least 4 members (excludes halogenated alkanes) is 5. The number of carbonyl (C=O) groups excluding carboxylic acids is 2. The number of quaternary nitrogens is 1. The molecule has 0 heterocycles. The van der Waals surface area contributed by atoms with Crippen molar-refractivity contribution in [3.8, 4) is 0 Å². The van der Waals surface area contributed by atoms with Crippen LogP contribution in [-0.2, 0) is 32.7 Å². The molecule has 0 aliphatic rings. The van der Waals surface area contributed by atoms with E-state index in [1.165, 1.54) is 0 Å². The Hall–Kier alpha value is -0.990.